The Kier molecular flexibility index (Phi) is 5.15. The van der Waals surface area contributed by atoms with Crippen LogP contribution in [0.3, 0.4) is 0 Å². The third-order valence-corrected chi connectivity index (χ3v) is 3.96. The van der Waals surface area contributed by atoms with Crippen molar-refractivity contribution in [2.24, 2.45) is 5.73 Å². The normalized spacial score (nSPS) is 12.4. The largest absolute Gasteiger partial charge is 0.324 e. The monoisotopic (exact) mass is 293 g/mol. The SMILES string of the molecule is CCSc1ccc(C(N)Cc2cc(F)ccc2F)cc1. The van der Waals surface area contributed by atoms with Crippen LogP contribution in [0, 0.1) is 11.6 Å². The molecule has 0 aromatic heterocycles. The zero-order valence-electron chi connectivity index (χ0n) is 11.3. The Morgan fingerprint density at radius 1 is 1.10 bits per heavy atom. The van der Waals surface area contributed by atoms with E-state index in [1.807, 2.05) is 24.3 Å². The Bertz CT molecular complexity index is 569. The van der Waals surface area contributed by atoms with E-state index in [2.05, 4.69) is 6.92 Å². The Morgan fingerprint density at radius 2 is 1.80 bits per heavy atom. The summed E-state index contributed by atoms with van der Waals surface area (Å²) in [6, 6.07) is 11.0. The molecule has 0 aliphatic carbocycles. The lowest BCUT2D eigenvalue weighted by molar-refractivity contribution is 0.572. The Hall–Kier alpha value is -1.39. The predicted molar refractivity (Wildman–Crippen MR) is 79.8 cm³/mol. The van der Waals surface area contributed by atoms with Gasteiger partial charge in [0.25, 0.3) is 0 Å². The first-order chi connectivity index (χ1) is 9.60. The predicted octanol–water partition coefficient (Wildman–Crippen LogP) is 4.32. The Morgan fingerprint density at radius 3 is 2.45 bits per heavy atom. The maximum Gasteiger partial charge on any atom is 0.126 e. The molecule has 2 rings (SSSR count). The Labute approximate surface area is 122 Å². The molecule has 0 saturated heterocycles. The molecule has 1 unspecified atom stereocenters. The zero-order chi connectivity index (χ0) is 14.5. The fraction of sp³-hybridized carbons (Fsp3) is 0.250. The summed E-state index contributed by atoms with van der Waals surface area (Å²) in [5.41, 5.74) is 7.31. The molecule has 1 nitrogen and oxygen atoms in total. The zero-order valence-corrected chi connectivity index (χ0v) is 12.1. The highest BCUT2D eigenvalue weighted by molar-refractivity contribution is 7.99. The van der Waals surface area contributed by atoms with Crippen molar-refractivity contribution >= 4 is 11.8 Å². The summed E-state index contributed by atoms with van der Waals surface area (Å²) in [6.45, 7) is 2.09. The summed E-state index contributed by atoms with van der Waals surface area (Å²) in [6.07, 6.45) is 0.282. The van der Waals surface area contributed by atoms with Crippen molar-refractivity contribution in [3.63, 3.8) is 0 Å². The van der Waals surface area contributed by atoms with Crippen LogP contribution in [0.2, 0.25) is 0 Å². The highest BCUT2D eigenvalue weighted by atomic mass is 32.2. The maximum absolute atomic E-state index is 13.6. The topological polar surface area (TPSA) is 26.0 Å². The van der Waals surface area contributed by atoms with E-state index in [9.17, 15) is 8.78 Å². The van der Waals surface area contributed by atoms with Crippen LogP contribution >= 0.6 is 11.8 Å². The number of benzene rings is 2. The van der Waals surface area contributed by atoms with Crippen molar-refractivity contribution in [1.82, 2.24) is 0 Å². The quantitative estimate of drug-likeness (QED) is 0.831. The highest BCUT2D eigenvalue weighted by Gasteiger charge is 2.11. The molecule has 2 aromatic carbocycles. The van der Waals surface area contributed by atoms with Crippen LogP contribution in [0.15, 0.2) is 47.4 Å². The molecule has 1 atom stereocenters. The van der Waals surface area contributed by atoms with Crippen LogP contribution in [0.1, 0.15) is 24.1 Å². The van der Waals surface area contributed by atoms with Gasteiger partial charge in [0.15, 0.2) is 0 Å². The second-order valence-corrected chi connectivity index (χ2v) is 5.89. The molecule has 0 aliphatic heterocycles. The van der Waals surface area contributed by atoms with E-state index in [0.717, 1.165) is 23.4 Å². The molecule has 0 radical (unpaired) electrons. The summed E-state index contributed by atoms with van der Waals surface area (Å²) in [7, 11) is 0. The number of hydrogen-bond donors (Lipinski definition) is 1. The number of halogens is 2. The summed E-state index contributed by atoms with van der Waals surface area (Å²) in [5.74, 6) is 0.156. The minimum absolute atomic E-state index is 0.282. The molecule has 0 amide bonds. The van der Waals surface area contributed by atoms with Gasteiger partial charge >= 0.3 is 0 Å². The molecule has 2 aromatic rings. The van der Waals surface area contributed by atoms with Gasteiger partial charge in [-0.05, 0) is 53.6 Å². The minimum Gasteiger partial charge on any atom is -0.324 e. The van der Waals surface area contributed by atoms with E-state index in [0.29, 0.717) is 5.56 Å². The Balaban J connectivity index is 2.11. The average molecular weight is 293 g/mol. The fourth-order valence-electron chi connectivity index (χ4n) is 2.03. The van der Waals surface area contributed by atoms with Gasteiger partial charge in [-0.25, -0.2) is 8.78 Å². The van der Waals surface area contributed by atoms with Crippen LogP contribution in [-0.4, -0.2) is 5.75 Å². The van der Waals surface area contributed by atoms with Gasteiger partial charge < -0.3 is 5.73 Å². The third kappa shape index (κ3) is 3.81. The van der Waals surface area contributed by atoms with Gasteiger partial charge in [0.05, 0.1) is 0 Å². The van der Waals surface area contributed by atoms with Gasteiger partial charge in [-0.1, -0.05) is 19.1 Å². The second kappa shape index (κ2) is 6.86. The number of hydrogen-bond acceptors (Lipinski definition) is 2. The molecule has 0 heterocycles. The summed E-state index contributed by atoms with van der Waals surface area (Å²) >= 11 is 1.75. The van der Waals surface area contributed by atoms with Gasteiger partial charge in [-0.15, -0.1) is 11.8 Å². The number of rotatable bonds is 5. The van der Waals surface area contributed by atoms with Crippen molar-refractivity contribution in [3.05, 3.63) is 65.2 Å². The molecule has 0 bridgehead atoms. The van der Waals surface area contributed by atoms with Crippen molar-refractivity contribution in [2.75, 3.05) is 5.75 Å². The molecule has 0 saturated carbocycles. The van der Waals surface area contributed by atoms with Gasteiger partial charge in [0.2, 0.25) is 0 Å². The first-order valence-electron chi connectivity index (χ1n) is 6.52. The molecule has 106 valence electrons. The number of thioether (sulfide) groups is 1. The molecule has 0 fully saturated rings. The first kappa shape index (κ1) is 15.0. The second-order valence-electron chi connectivity index (χ2n) is 4.55. The summed E-state index contributed by atoms with van der Waals surface area (Å²) < 4.78 is 26.7. The van der Waals surface area contributed by atoms with E-state index < -0.39 is 11.6 Å². The standard InChI is InChI=1S/C16H17F2NS/c1-2-20-14-6-3-11(4-7-14)16(19)10-12-9-13(17)5-8-15(12)18/h3-9,16H,2,10,19H2,1H3. The fourth-order valence-corrected chi connectivity index (χ4v) is 2.69. The minimum atomic E-state index is -0.441. The van der Waals surface area contributed by atoms with Crippen LogP contribution in [-0.2, 0) is 6.42 Å². The van der Waals surface area contributed by atoms with Crippen molar-refractivity contribution in [3.8, 4) is 0 Å². The van der Waals surface area contributed by atoms with Crippen LogP contribution < -0.4 is 5.73 Å². The van der Waals surface area contributed by atoms with E-state index in [4.69, 9.17) is 5.73 Å². The molecule has 4 heteroatoms. The van der Waals surface area contributed by atoms with Gasteiger partial charge in [-0.3, -0.25) is 0 Å². The van der Waals surface area contributed by atoms with E-state index in [-0.39, 0.29) is 12.5 Å². The van der Waals surface area contributed by atoms with Crippen molar-refractivity contribution < 1.29 is 8.78 Å². The van der Waals surface area contributed by atoms with E-state index in [1.165, 1.54) is 11.0 Å². The van der Waals surface area contributed by atoms with Crippen LogP contribution in [0.5, 0.6) is 0 Å². The maximum atomic E-state index is 13.6. The van der Waals surface area contributed by atoms with Crippen molar-refractivity contribution in [1.29, 1.82) is 0 Å². The van der Waals surface area contributed by atoms with E-state index in [1.54, 1.807) is 11.8 Å². The molecule has 0 spiro atoms. The van der Waals surface area contributed by atoms with Gasteiger partial charge in [0.1, 0.15) is 11.6 Å². The molecular weight excluding hydrogens is 276 g/mol. The lowest BCUT2D eigenvalue weighted by Crippen LogP contribution is -2.14. The molecular formula is C16H17F2NS. The molecule has 0 aliphatic rings. The van der Waals surface area contributed by atoms with Gasteiger partial charge in [0, 0.05) is 10.9 Å². The lowest BCUT2D eigenvalue weighted by atomic mass is 9.99. The van der Waals surface area contributed by atoms with Crippen LogP contribution in [0.4, 0.5) is 8.78 Å². The molecule has 20 heavy (non-hydrogen) atoms. The number of nitrogens with two attached hydrogens (primary N) is 1. The van der Waals surface area contributed by atoms with Crippen molar-refractivity contribution in [2.45, 2.75) is 24.3 Å². The molecule has 2 N–H and O–H groups in total. The van der Waals surface area contributed by atoms with E-state index >= 15 is 0 Å². The highest BCUT2D eigenvalue weighted by Crippen LogP contribution is 2.23. The average Bonchev–Trinajstić information content (AvgIpc) is 2.44. The lowest BCUT2D eigenvalue weighted by Gasteiger charge is -2.13. The smallest absolute Gasteiger partial charge is 0.126 e. The van der Waals surface area contributed by atoms with Crippen LogP contribution in [0.25, 0.3) is 0 Å². The first-order valence-corrected chi connectivity index (χ1v) is 7.51. The summed E-state index contributed by atoms with van der Waals surface area (Å²) in [4.78, 5) is 1.18. The summed E-state index contributed by atoms with van der Waals surface area (Å²) in [5, 5.41) is 0. The van der Waals surface area contributed by atoms with Gasteiger partial charge in [-0.2, -0.15) is 0 Å². The third-order valence-electron chi connectivity index (χ3n) is 3.07.